The van der Waals surface area contributed by atoms with Crippen molar-refractivity contribution in [3.05, 3.63) is 33.3 Å². The molecule has 1 aliphatic carbocycles. The molecule has 0 spiro atoms. The van der Waals surface area contributed by atoms with Crippen molar-refractivity contribution in [3.8, 4) is 0 Å². The molecule has 0 saturated heterocycles. The summed E-state index contributed by atoms with van der Waals surface area (Å²) in [6, 6.07) is 0.107. The largest absolute Gasteiger partial charge is 0.361 e. The van der Waals surface area contributed by atoms with Gasteiger partial charge in [-0.3, -0.25) is 9.36 Å². The van der Waals surface area contributed by atoms with Crippen molar-refractivity contribution in [3.63, 3.8) is 0 Å². The van der Waals surface area contributed by atoms with Crippen LogP contribution in [0.25, 0.3) is 0 Å². The number of aromatic nitrogens is 4. The minimum absolute atomic E-state index is 0.00208. The van der Waals surface area contributed by atoms with E-state index < -0.39 is 0 Å². The van der Waals surface area contributed by atoms with Crippen LogP contribution in [0, 0.1) is 19.8 Å². The van der Waals surface area contributed by atoms with Gasteiger partial charge in [-0.05, 0) is 45.4 Å². The van der Waals surface area contributed by atoms with Gasteiger partial charge in [-0.1, -0.05) is 5.16 Å². The highest BCUT2D eigenvalue weighted by Gasteiger charge is 2.28. The van der Waals surface area contributed by atoms with Gasteiger partial charge in [-0.2, -0.15) is 5.10 Å². The van der Waals surface area contributed by atoms with Gasteiger partial charge in [0.2, 0.25) is 5.91 Å². The fourth-order valence-electron chi connectivity index (χ4n) is 3.90. The maximum Gasteiger partial charge on any atom is 0.345 e. The molecular formula is C19H27N5O3. The molecule has 8 nitrogen and oxygen atoms in total. The molecule has 1 aliphatic heterocycles. The zero-order valence-electron chi connectivity index (χ0n) is 16.3. The van der Waals surface area contributed by atoms with Gasteiger partial charge in [-0.15, -0.1) is 0 Å². The number of aryl methyl sites for hydroxylation is 3. The summed E-state index contributed by atoms with van der Waals surface area (Å²) in [6.45, 7) is 5.06. The van der Waals surface area contributed by atoms with Gasteiger partial charge in [0.25, 0.3) is 0 Å². The van der Waals surface area contributed by atoms with Gasteiger partial charge < -0.3 is 9.42 Å². The molecule has 146 valence electrons. The summed E-state index contributed by atoms with van der Waals surface area (Å²) >= 11 is 0. The van der Waals surface area contributed by atoms with Crippen molar-refractivity contribution in [1.82, 2.24) is 24.4 Å². The van der Waals surface area contributed by atoms with E-state index in [1.54, 1.807) is 9.25 Å². The van der Waals surface area contributed by atoms with Gasteiger partial charge in [-0.25, -0.2) is 9.48 Å². The van der Waals surface area contributed by atoms with Gasteiger partial charge in [0, 0.05) is 38.2 Å². The zero-order valence-corrected chi connectivity index (χ0v) is 16.3. The third-order valence-corrected chi connectivity index (χ3v) is 5.96. The average Bonchev–Trinajstić information content (AvgIpc) is 3.39. The van der Waals surface area contributed by atoms with Crippen molar-refractivity contribution in [2.75, 3.05) is 7.05 Å². The molecule has 1 atom stereocenters. The van der Waals surface area contributed by atoms with Gasteiger partial charge >= 0.3 is 5.69 Å². The number of rotatable bonds is 5. The number of hydrogen-bond donors (Lipinski definition) is 0. The van der Waals surface area contributed by atoms with Crippen molar-refractivity contribution >= 4 is 5.91 Å². The Morgan fingerprint density at radius 2 is 2.04 bits per heavy atom. The Balaban J connectivity index is 1.42. The average molecular weight is 373 g/mol. The Hall–Kier alpha value is -2.38. The molecule has 1 amide bonds. The van der Waals surface area contributed by atoms with E-state index in [9.17, 15) is 9.59 Å². The number of amides is 1. The van der Waals surface area contributed by atoms with E-state index in [0.29, 0.717) is 24.6 Å². The molecule has 1 fully saturated rings. The van der Waals surface area contributed by atoms with Crippen LogP contribution in [0.2, 0.25) is 0 Å². The fraction of sp³-hybridized carbons (Fsp3) is 0.684. The van der Waals surface area contributed by atoms with E-state index >= 15 is 0 Å². The number of carbonyl (C=O) groups excluding carboxylic acids is 1. The Bertz CT molecular complexity index is 886. The second-order valence-electron chi connectivity index (χ2n) is 7.94. The summed E-state index contributed by atoms with van der Waals surface area (Å²) in [5, 5.41) is 8.48. The normalized spacial score (nSPS) is 19.6. The fourth-order valence-corrected chi connectivity index (χ4v) is 3.90. The predicted molar refractivity (Wildman–Crippen MR) is 98.4 cm³/mol. The molecule has 2 aliphatic rings. The Morgan fingerprint density at radius 3 is 2.70 bits per heavy atom. The van der Waals surface area contributed by atoms with Crippen molar-refractivity contribution in [1.29, 1.82) is 0 Å². The second kappa shape index (κ2) is 6.98. The maximum atomic E-state index is 12.8. The lowest BCUT2D eigenvalue weighted by Crippen LogP contribution is -2.39. The third-order valence-electron chi connectivity index (χ3n) is 5.96. The monoisotopic (exact) mass is 373 g/mol. The first-order chi connectivity index (χ1) is 12.9. The molecule has 2 aromatic heterocycles. The molecule has 27 heavy (non-hydrogen) atoms. The van der Waals surface area contributed by atoms with E-state index in [-0.39, 0.29) is 17.6 Å². The van der Waals surface area contributed by atoms with Crippen molar-refractivity contribution in [2.24, 2.45) is 5.92 Å². The van der Waals surface area contributed by atoms with Crippen LogP contribution in [0.1, 0.15) is 48.5 Å². The van der Waals surface area contributed by atoms with Crippen LogP contribution in [0.5, 0.6) is 0 Å². The number of carbonyl (C=O) groups is 1. The first kappa shape index (κ1) is 18.0. The number of fused-ring (bicyclic) bond motifs is 1. The Labute approximate surface area is 158 Å². The van der Waals surface area contributed by atoms with Crippen LogP contribution < -0.4 is 5.69 Å². The highest BCUT2D eigenvalue weighted by Crippen LogP contribution is 2.30. The minimum Gasteiger partial charge on any atom is -0.361 e. The zero-order chi connectivity index (χ0) is 19.1. The van der Waals surface area contributed by atoms with E-state index in [1.807, 2.05) is 25.8 Å². The lowest BCUT2D eigenvalue weighted by atomic mass is 10.1. The highest BCUT2D eigenvalue weighted by atomic mass is 16.5. The van der Waals surface area contributed by atoms with Crippen LogP contribution in [0.15, 0.2) is 9.32 Å². The topological polar surface area (TPSA) is 86.2 Å². The molecule has 0 radical (unpaired) electrons. The third kappa shape index (κ3) is 3.57. The first-order valence-corrected chi connectivity index (χ1v) is 9.78. The van der Waals surface area contributed by atoms with Gasteiger partial charge in [0.05, 0.1) is 12.1 Å². The number of hydrogen-bond acceptors (Lipinski definition) is 5. The number of likely N-dealkylation sites (N-methyl/N-ethyl adjacent to an activating group) is 1. The Morgan fingerprint density at radius 1 is 1.26 bits per heavy atom. The summed E-state index contributed by atoms with van der Waals surface area (Å²) in [6.07, 6.45) is 5.02. The predicted octanol–water partition coefficient (Wildman–Crippen LogP) is 1.47. The lowest BCUT2D eigenvalue weighted by Gasteiger charge is -2.27. The summed E-state index contributed by atoms with van der Waals surface area (Å²) in [5.41, 5.74) is 1.64. The quantitative estimate of drug-likeness (QED) is 0.792. The summed E-state index contributed by atoms with van der Waals surface area (Å²) in [5.74, 6) is 2.24. The molecule has 2 aromatic rings. The second-order valence-corrected chi connectivity index (χ2v) is 7.94. The van der Waals surface area contributed by atoms with E-state index in [2.05, 4.69) is 10.3 Å². The molecule has 0 N–H and O–H groups in total. The van der Waals surface area contributed by atoms with Crippen LogP contribution in [-0.4, -0.2) is 43.4 Å². The molecule has 0 bridgehead atoms. The number of nitrogens with zero attached hydrogens (tertiary/aromatic N) is 5. The van der Waals surface area contributed by atoms with Crippen LogP contribution in [0.4, 0.5) is 0 Å². The van der Waals surface area contributed by atoms with E-state index in [0.717, 1.165) is 42.9 Å². The first-order valence-electron chi connectivity index (χ1n) is 9.78. The van der Waals surface area contributed by atoms with Crippen LogP contribution in [-0.2, 0) is 30.7 Å². The lowest BCUT2D eigenvalue weighted by molar-refractivity contribution is -0.131. The summed E-state index contributed by atoms with van der Waals surface area (Å²) < 4.78 is 8.60. The summed E-state index contributed by atoms with van der Waals surface area (Å²) in [7, 11) is 1.85. The van der Waals surface area contributed by atoms with Crippen LogP contribution >= 0.6 is 0 Å². The Kier molecular flexibility index (Phi) is 4.65. The van der Waals surface area contributed by atoms with Gasteiger partial charge in [0.15, 0.2) is 0 Å². The smallest absolute Gasteiger partial charge is 0.345 e. The molecule has 1 saturated carbocycles. The van der Waals surface area contributed by atoms with Crippen LogP contribution in [0.3, 0.4) is 0 Å². The standard InChI is InChI=1S/C19H27N5O3/c1-12-16(13(2)27-21-12)10-18(25)22(3)15-6-7-17-20-24(11-14-4-5-14)19(26)23(17)9-8-15/h14-15H,4-11H2,1-3H3. The molecule has 1 unspecified atom stereocenters. The SMILES string of the molecule is Cc1noc(C)c1CC(=O)N(C)C1CCc2nn(CC3CC3)c(=O)n2CC1. The minimum atomic E-state index is 0.00208. The highest BCUT2D eigenvalue weighted by molar-refractivity contribution is 5.79. The molecular weight excluding hydrogens is 346 g/mol. The molecule has 3 heterocycles. The summed E-state index contributed by atoms with van der Waals surface area (Å²) in [4.78, 5) is 27.2. The van der Waals surface area contributed by atoms with E-state index in [1.165, 1.54) is 12.8 Å². The van der Waals surface area contributed by atoms with Gasteiger partial charge in [0.1, 0.15) is 11.6 Å². The van der Waals surface area contributed by atoms with E-state index in [4.69, 9.17) is 4.52 Å². The molecule has 0 aromatic carbocycles. The van der Waals surface area contributed by atoms with Crippen molar-refractivity contribution < 1.29 is 9.32 Å². The maximum absolute atomic E-state index is 12.8. The molecule has 8 heteroatoms. The molecule has 4 rings (SSSR count). The van der Waals surface area contributed by atoms with Crippen molar-refractivity contribution in [2.45, 2.75) is 71.5 Å².